The average Bonchev–Trinajstić information content (AvgIpc) is 3.02. The zero-order valence-electron chi connectivity index (χ0n) is 28.1. The van der Waals surface area contributed by atoms with Gasteiger partial charge in [-0.3, -0.25) is 4.79 Å². The average molecular weight is 641 g/mol. The Hall–Kier alpha value is -2.96. The van der Waals surface area contributed by atoms with E-state index in [-0.39, 0.29) is 17.6 Å². The van der Waals surface area contributed by atoms with E-state index in [1.807, 2.05) is 43.3 Å². The Kier molecular flexibility index (Phi) is 13.9. The molecule has 0 aliphatic rings. The quantitative estimate of drug-likeness (QED) is 0.0711. The first-order chi connectivity index (χ1) is 20.8. The first-order valence-electron chi connectivity index (χ1n) is 15.6. The second kappa shape index (κ2) is 16.4. The molecule has 0 bridgehead atoms. The Morgan fingerprint density at radius 1 is 0.909 bits per heavy atom. The zero-order valence-corrected chi connectivity index (χ0v) is 30.1. The van der Waals surface area contributed by atoms with Gasteiger partial charge in [0, 0.05) is 11.5 Å². The third-order valence-electron chi connectivity index (χ3n) is 8.97. The Labute approximate surface area is 266 Å². The van der Waals surface area contributed by atoms with E-state index < -0.39 is 40.1 Å². The minimum absolute atomic E-state index is 0.0517. The minimum atomic E-state index is -2.77. The van der Waals surface area contributed by atoms with Crippen LogP contribution in [-0.2, 0) is 23.2 Å². The normalized spacial score (nSPS) is 14.9. The molecule has 2 aromatic rings. The van der Waals surface area contributed by atoms with Gasteiger partial charge in [-0.25, -0.2) is 4.79 Å². The maximum absolute atomic E-state index is 13.6. The molecule has 0 fully saturated rings. The van der Waals surface area contributed by atoms with Crippen LogP contribution in [0.15, 0.2) is 65.8 Å². The third kappa shape index (κ3) is 8.60. The number of carbonyl (C=O) groups excluding carboxylic acids is 2. The van der Waals surface area contributed by atoms with Crippen molar-refractivity contribution in [3.63, 3.8) is 0 Å². The number of nitrogens with one attached hydrogen (secondary N) is 1. The molecule has 242 valence electrons. The van der Waals surface area contributed by atoms with E-state index in [9.17, 15) is 15.1 Å². The number of hydrogen-bond acceptors (Lipinski definition) is 6. The maximum Gasteiger partial charge on any atom is 0.328 e. The van der Waals surface area contributed by atoms with Gasteiger partial charge in [-0.1, -0.05) is 114 Å². The maximum atomic E-state index is 13.6. The highest BCUT2D eigenvalue weighted by atomic mass is 28.4. The number of nitrogens with zero attached hydrogens (tertiary/aromatic N) is 3. The first-order valence-corrected chi connectivity index (χ1v) is 20.1. The summed E-state index contributed by atoms with van der Waals surface area (Å²) in [7, 11) is -3.54. The third-order valence-corrected chi connectivity index (χ3v) is 18.6. The van der Waals surface area contributed by atoms with Gasteiger partial charge in [0.25, 0.3) is 8.32 Å². The molecule has 0 aliphatic carbocycles. The van der Waals surface area contributed by atoms with E-state index >= 15 is 0 Å². The molecule has 9 nitrogen and oxygen atoms in total. The Bertz CT molecular complexity index is 1200. The molecule has 0 aliphatic heterocycles. The van der Waals surface area contributed by atoms with E-state index in [2.05, 4.69) is 81.2 Å². The summed E-state index contributed by atoms with van der Waals surface area (Å²) in [4.78, 5) is 29.6. The molecule has 11 heteroatoms. The molecule has 0 heterocycles. The van der Waals surface area contributed by atoms with Crippen molar-refractivity contribution in [2.75, 3.05) is 20.3 Å². The van der Waals surface area contributed by atoms with E-state index in [4.69, 9.17) is 13.6 Å². The van der Waals surface area contributed by atoms with Crippen molar-refractivity contribution in [1.29, 1.82) is 0 Å². The van der Waals surface area contributed by atoms with Crippen LogP contribution in [-0.4, -0.2) is 60.4 Å². The van der Waals surface area contributed by atoms with Crippen LogP contribution < -0.4 is 15.7 Å². The summed E-state index contributed by atoms with van der Waals surface area (Å²) < 4.78 is 18.5. The monoisotopic (exact) mass is 640 g/mol. The van der Waals surface area contributed by atoms with Gasteiger partial charge in [-0.2, -0.15) is 0 Å². The molecule has 0 radical (unpaired) electrons. The molecule has 44 heavy (non-hydrogen) atoms. The number of benzene rings is 2. The van der Waals surface area contributed by atoms with Crippen LogP contribution in [0.25, 0.3) is 10.4 Å². The summed E-state index contributed by atoms with van der Waals surface area (Å²) in [6.07, 6.45) is 0.483. The van der Waals surface area contributed by atoms with Gasteiger partial charge in [0.05, 0.1) is 13.7 Å². The predicted molar refractivity (Wildman–Crippen MR) is 182 cm³/mol. The van der Waals surface area contributed by atoms with Crippen molar-refractivity contribution in [3.8, 4) is 0 Å². The second-order valence-corrected chi connectivity index (χ2v) is 21.8. The minimum Gasteiger partial charge on any atom is -0.467 e. The van der Waals surface area contributed by atoms with Gasteiger partial charge >= 0.3 is 5.97 Å². The highest BCUT2D eigenvalue weighted by molar-refractivity contribution is 6.99. The van der Waals surface area contributed by atoms with Crippen LogP contribution in [0.5, 0.6) is 0 Å². The molecule has 0 unspecified atom stereocenters. The van der Waals surface area contributed by atoms with Crippen LogP contribution in [0.2, 0.25) is 23.2 Å². The van der Waals surface area contributed by atoms with Gasteiger partial charge in [0.2, 0.25) is 5.91 Å². The molecule has 0 aromatic heterocycles. The Morgan fingerprint density at radius 3 is 1.82 bits per heavy atom. The smallest absolute Gasteiger partial charge is 0.328 e. The molecular weight excluding hydrogens is 589 g/mol. The van der Waals surface area contributed by atoms with E-state index in [1.54, 1.807) is 6.92 Å². The molecular formula is C33H52N4O5Si2. The predicted octanol–water partition coefficient (Wildman–Crippen LogP) is 6.34. The van der Waals surface area contributed by atoms with Crippen molar-refractivity contribution >= 4 is 38.9 Å². The molecule has 0 spiro atoms. The number of esters is 1. The molecule has 1 N–H and O–H groups in total. The van der Waals surface area contributed by atoms with Gasteiger partial charge in [-0.05, 0) is 58.3 Å². The first kappa shape index (κ1) is 37.2. The van der Waals surface area contributed by atoms with E-state index in [1.165, 1.54) is 17.5 Å². The summed E-state index contributed by atoms with van der Waals surface area (Å²) in [6.45, 7) is 16.7. The highest BCUT2D eigenvalue weighted by Gasteiger charge is 2.50. The summed E-state index contributed by atoms with van der Waals surface area (Å²) in [5.41, 5.74) is 7.80. The van der Waals surface area contributed by atoms with Gasteiger partial charge in [0.15, 0.2) is 8.32 Å². The summed E-state index contributed by atoms with van der Waals surface area (Å²) in [5.74, 6) is -1.48. The molecule has 2 aromatic carbocycles. The SMILES string of the molecule is CC[Si](CC)(CC)OC[C@](C)(N=[N+]=[N-])C(=O)N[C@H](C(=O)OC)[C@@H](C)CCO[Si](c1ccccc1)(c1ccccc1)C(C)(C)C. The van der Waals surface area contributed by atoms with Crippen molar-refractivity contribution in [1.82, 2.24) is 5.32 Å². The van der Waals surface area contributed by atoms with E-state index in [0.29, 0.717) is 13.0 Å². The van der Waals surface area contributed by atoms with Crippen molar-refractivity contribution in [2.24, 2.45) is 11.0 Å². The van der Waals surface area contributed by atoms with Crippen LogP contribution in [0.4, 0.5) is 0 Å². The van der Waals surface area contributed by atoms with Gasteiger partial charge < -0.3 is 18.9 Å². The van der Waals surface area contributed by atoms with Crippen LogP contribution in [0.1, 0.15) is 61.8 Å². The lowest BCUT2D eigenvalue weighted by molar-refractivity contribution is -0.147. The highest BCUT2D eigenvalue weighted by Crippen LogP contribution is 2.37. The number of carbonyl (C=O) groups is 2. The van der Waals surface area contributed by atoms with Crippen LogP contribution >= 0.6 is 0 Å². The zero-order chi connectivity index (χ0) is 33.0. The van der Waals surface area contributed by atoms with Gasteiger partial charge in [-0.15, -0.1) is 0 Å². The topological polar surface area (TPSA) is 123 Å². The molecule has 2 rings (SSSR count). The lowest BCUT2D eigenvalue weighted by Crippen LogP contribution is -2.66. The number of ether oxygens (including phenoxy) is 1. The molecule has 1 amide bonds. The fourth-order valence-corrected chi connectivity index (χ4v) is 13.1. The van der Waals surface area contributed by atoms with Crippen molar-refractivity contribution < 1.29 is 23.2 Å². The summed E-state index contributed by atoms with van der Waals surface area (Å²) >= 11 is 0. The molecule has 0 saturated heterocycles. The fourth-order valence-electron chi connectivity index (χ4n) is 5.77. The van der Waals surface area contributed by atoms with E-state index in [0.717, 1.165) is 18.1 Å². The van der Waals surface area contributed by atoms with Crippen molar-refractivity contribution in [2.45, 2.75) is 96.6 Å². The molecule has 0 saturated carbocycles. The molecule has 3 atom stereocenters. The lowest BCUT2D eigenvalue weighted by atomic mass is 9.96. The number of rotatable bonds is 17. The van der Waals surface area contributed by atoms with Gasteiger partial charge in [0.1, 0.15) is 11.6 Å². The second-order valence-electron chi connectivity index (χ2n) is 12.7. The standard InChI is InChI=1S/C33H52N4O5Si2/c1-10-43(11-2,12-3)42-25-33(8,36-37-34)31(39)35-29(30(38)40-9)26(4)23-24-41-44(32(5,6)7,27-19-15-13-16-20-27)28-21-17-14-18-22-28/h13-22,26,29H,10-12,23-25H2,1-9H3,(H,35,39)/t26-,29-,33-/m0/s1. The number of azide groups is 1. The number of hydrogen-bond donors (Lipinski definition) is 1. The number of amides is 1. The van der Waals surface area contributed by atoms with Crippen LogP contribution in [0, 0.1) is 5.92 Å². The Morgan fingerprint density at radius 2 is 1.41 bits per heavy atom. The number of methoxy groups -OCH3 is 1. The fraction of sp³-hybridized carbons (Fsp3) is 0.576. The summed E-state index contributed by atoms with van der Waals surface area (Å²) in [6, 6.07) is 22.4. The van der Waals surface area contributed by atoms with Crippen molar-refractivity contribution in [3.05, 3.63) is 71.1 Å². The summed E-state index contributed by atoms with van der Waals surface area (Å²) in [5, 5.41) is 8.82. The largest absolute Gasteiger partial charge is 0.467 e. The Balaban J connectivity index is 2.33. The van der Waals surface area contributed by atoms with Crippen LogP contribution in [0.3, 0.4) is 0 Å². The lowest BCUT2D eigenvalue weighted by Gasteiger charge is -2.43.